The smallest absolute Gasteiger partial charge is 0.234 e. The van der Waals surface area contributed by atoms with Crippen LogP contribution in [0.2, 0.25) is 0 Å². The van der Waals surface area contributed by atoms with Crippen LogP contribution in [-0.4, -0.2) is 58.7 Å². The molecule has 6 heteroatoms. The predicted molar refractivity (Wildman–Crippen MR) is 65.6 cm³/mol. The summed E-state index contributed by atoms with van der Waals surface area (Å²) in [6.45, 7) is 5.28. The number of nitrogens with zero attached hydrogens (tertiary/aromatic N) is 1. The lowest BCUT2D eigenvalue weighted by Gasteiger charge is -2.27. The molecule has 0 aromatic carbocycles. The molecule has 0 aliphatic carbocycles. The van der Waals surface area contributed by atoms with E-state index in [-0.39, 0.29) is 11.9 Å². The standard InChI is InChI=1S/C10H21N3O2S/c1-2-12-9(10(11)14)3-4-13-5-7-16(15)8-6-13/h9,12H,2-8H2,1H3,(H2,11,14). The number of primary amides is 1. The van der Waals surface area contributed by atoms with Crippen molar-refractivity contribution >= 4 is 16.7 Å². The van der Waals surface area contributed by atoms with Crippen LogP contribution in [0.5, 0.6) is 0 Å². The van der Waals surface area contributed by atoms with E-state index < -0.39 is 10.8 Å². The van der Waals surface area contributed by atoms with E-state index in [2.05, 4.69) is 10.2 Å². The van der Waals surface area contributed by atoms with Gasteiger partial charge in [0.1, 0.15) is 0 Å². The number of hydrogen-bond acceptors (Lipinski definition) is 4. The molecule has 5 nitrogen and oxygen atoms in total. The Morgan fingerprint density at radius 3 is 2.62 bits per heavy atom. The largest absolute Gasteiger partial charge is 0.368 e. The van der Waals surface area contributed by atoms with E-state index in [1.54, 1.807) is 0 Å². The molecule has 0 aromatic heterocycles. The minimum absolute atomic E-state index is 0.238. The number of rotatable bonds is 6. The van der Waals surface area contributed by atoms with Crippen molar-refractivity contribution < 1.29 is 9.00 Å². The van der Waals surface area contributed by atoms with Gasteiger partial charge in [-0.3, -0.25) is 9.00 Å². The van der Waals surface area contributed by atoms with Crippen LogP contribution in [0.15, 0.2) is 0 Å². The highest BCUT2D eigenvalue weighted by Gasteiger charge is 2.18. The maximum Gasteiger partial charge on any atom is 0.234 e. The summed E-state index contributed by atoms with van der Waals surface area (Å²) in [7, 11) is -0.636. The zero-order valence-electron chi connectivity index (χ0n) is 9.78. The lowest BCUT2D eigenvalue weighted by molar-refractivity contribution is -0.120. The molecule has 1 amide bonds. The highest BCUT2D eigenvalue weighted by atomic mass is 32.2. The normalized spacial score (nSPS) is 20.8. The zero-order chi connectivity index (χ0) is 12.0. The first-order chi connectivity index (χ1) is 7.63. The van der Waals surface area contributed by atoms with Gasteiger partial charge >= 0.3 is 0 Å². The van der Waals surface area contributed by atoms with Gasteiger partial charge in [-0.25, -0.2) is 0 Å². The van der Waals surface area contributed by atoms with E-state index >= 15 is 0 Å². The van der Waals surface area contributed by atoms with Gasteiger partial charge in [0.25, 0.3) is 0 Å². The van der Waals surface area contributed by atoms with Gasteiger partial charge in [0.2, 0.25) is 5.91 Å². The van der Waals surface area contributed by atoms with E-state index in [9.17, 15) is 9.00 Å². The topological polar surface area (TPSA) is 75.4 Å². The molecule has 1 rings (SSSR count). The summed E-state index contributed by atoms with van der Waals surface area (Å²) in [5.41, 5.74) is 5.29. The zero-order valence-corrected chi connectivity index (χ0v) is 10.6. The van der Waals surface area contributed by atoms with Gasteiger partial charge in [0.15, 0.2) is 0 Å². The third-order valence-electron chi connectivity index (χ3n) is 2.80. The fourth-order valence-electron chi connectivity index (χ4n) is 1.80. The molecule has 0 radical (unpaired) electrons. The molecule has 1 heterocycles. The SMILES string of the molecule is CCNC(CCN1CCS(=O)CC1)C(N)=O. The minimum Gasteiger partial charge on any atom is -0.368 e. The number of likely N-dealkylation sites (N-methyl/N-ethyl adjacent to an activating group) is 1. The van der Waals surface area contributed by atoms with Crippen molar-refractivity contribution in [2.45, 2.75) is 19.4 Å². The number of nitrogens with one attached hydrogen (secondary N) is 1. The number of hydrogen-bond donors (Lipinski definition) is 2. The molecular weight excluding hydrogens is 226 g/mol. The molecule has 3 N–H and O–H groups in total. The molecule has 0 aromatic rings. The summed E-state index contributed by atoms with van der Waals surface area (Å²) >= 11 is 0. The first kappa shape index (κ1) is 13.6. The van der Waals surface area contributed by atoms with Crippen molar-refractivity contribution in [3.05, 3.63) is 0 Å². The van der Waals surface area contributed by atoms with E-state index in [0.29, 0.717) is 0 Å². The molecule has 1 fully saturated rings. The summed E-state index contributed by atoms with van der Waals surface area (Å²) in [6.07, 6.45) is 0.732. The molecule has 1 aliphatic rings. The first-order valence-electron chi connectivity index (χ1n) is 5.73. The average molecular weight is 247 g/mol. The second kappa shape index (κ2) is 6.98. The van der Waals surface area contributed by atoms with E-state index in [1.807, 2.05) is 6.92 Å². The van der Waals surface area contributed by atoms with Crippen LogP contribution in [0, 0.1) is 0 Å². The Morgan fingerprint density at radius 1 is 1.50 bits per heavy atom. The Labute approximate surface area is 99.2 Å². The van der Waals surface area contributed by atoms with Crippen LogP contribution in [0.25, 0.3) is 0 Å². The summed E-state index contributed by atoms with van der Waals surface area (Å²) in [4.78, 5) is 13.4. The highest BCUT2D eigenvalue weighted by molar-refractivity contribution is 7.85. The van der Waals surface area contributed by atoms with E-state index in [0.717, 1.165) is 44.1 Å². The van der Waals surface area contributed by atoms with Crippen molar-refractivity contribution in [2.75, 3.05) is 37.7 Å². The molecule has 1 unspecified atom stereocenters. The Morgan fingerprint density at radius 2 is 2.12 bits per heavy atom. The molecule has 0 bridgehead atoms. The number of nitrogens with two attached hydrogens (primary N) is 1. The van der Waals surface area contributed by atoms with Crippen LogP contribution in [0.3, 0.4) is 0 Å². The third kappa shape index (κ3) is 4.59. The van der Waals surface area contributed by atoms with Gasteiger partial charge in [0, 0.05) is 41.9 Å². The first-order valence-corrected chi connectivity index (χ1v) is 7.22. The summed E-state index contributed by atoms with van der Waals surface area (Å²) < 4.78 is 11.2. The van der Waals surface area contributed by atoms with Gasteiger partial charge in [-0.05, 0) is 13.0 Å². The minimum atomic E-state index is -0.636. The number of carbonyl (C=O) groups excluding carboxylic acids is 1. The molecule has 16 heavy (non-hydrogen) atoms. The van der Waals surface area contributed by atoms with Gasteiger partial charge in [-0.1, -0.05) is 6.92 Å². The van der Waals surface area contributed by atoms with Crippen molar-refractivity contribution in [1.29, 1.82) is 0 Å². The van der Waals surface area contributed by atoms with Gasteiger partial charge in [-0.15, -0.1) is 0 Å². The predicted octanol–water partition coefficient (Wildman–Crippen LogP) is -1.10. The molecule has 1 aliphatic heterocycles. The molecule has 0 saturated carbocycles. The monoisotopic (exact) mass is 247 g/mol. The van der Waals surface area contributed by atoms with E-state index in [1.165, 1.54) is 0 Å². The Bertz CT molecular complexity index is 250. The Balaban J connectivity index is 2.26. The van der Waals surface area contributed by atoms with Crippen LogP contribution >= 0.6 is 0 Å². The fraction of sp³-hybridized carbons (Fsp3) is 0.900. The maximum absolute atomic E-state index is 11.2. The maximum atomic E-state index is 11.2. The molecule has 1 atom stereocenters. The summed E-state index contributed by atoms with van der Waals surface area (Å²) in [5.74, 6) is 1.22. The van der Waals surface area contributed by atoms with Crippen molar-refractivity contribution in [1.82, 2.24) is 10.2 Å². The van der Waals surface area contributed by atoms with Gasteiger partial charge in [-0.2, -0.15) is 0 Å². The molecule has 94 valence electrons. The highest BCUT2D eigenvalue weighted by Crippen LogP contribution is 2.02. The lowest BCUT2D eigenvalue weighted by Crippen LogP contribution is -2.45. The molecule has 1 saturated heterocycles. The number of carbonyl (C=O) groups is 1. The van der Waals surface area contributed by atoms with Crippen LogP contribution in [-0.2, 0) is 15.6 Å². The second-order valence-corrected chi connectivity index (χ2v) is 5.69. The lowest BCUT2D eigenvalue weighted by atomic mass is 10.2. The van der Waals surface area contributed by atoms with Crippen LogP contribution in [0.4, 0.5) is 0 Å². The Hall–Kier alpha value is -0.460. The molecule has 0 spiro atoms. The van der Waals surface area contributed by atoms with Gasteiger partial charge in [0.05, 0.1) is 6.04 Å². The fourth-order valence-corrected chi connectivity index (χ4v) is 2.93. The molecular formula is C10H21N3O2S. The summed E-state index contributed by atoms with van der Waals surface area (Å²) in [5, 5.41) is 3.07. The van der Waals surface area contributed by atoms with E-state index in [4.69, 9.17) is 5.73 Å². The quantitative estimate of drug-likeness (QED) is 0.625. The average Bonchev–Trinajstić information content (AvgIpc) is 2.26. The number of amides is 1. The van der Waals surface area contributed by atoms with Crippen molar-refractivity contribution in [3.8, 4) is 0 Å². The third-order valence-corrected chi connectivity index (χ3v) is 4.07. The van der Waals surface area contributed by atoms with Crippen molar-refractivity contribution in [3.63, 3.8) is 0 Å². The van der Waals surface area contributed by atoms with Gasteiger partial charge < -0.3 is 16.0 Å². The van der Waals surface area contributed by atoms with Crippen LogP contribution < -0.4 is 11.1 Å². The second-order valence-electron chi connectivity index (χ2n) is 3.99. The summed E-state index contributed by atoms with van der Waals surface area (Å²) in [6, 6.07) is -0.238. The van der Waals surface area contributed by atoms with Crippen LogP contribution in [0.1, 0.15) is 13.3 Å². The van der Waals surface area contributed by atoms with Crippen molar-refractivity contribution in [2.24, 2.45) is 5.73 Å². The Kier molecular flexibility index (Phi) is 5.94.